The number of ether oxygens (including phenoxy) is 2. The van der Waals surface area contributed by atoms with Crippen molar-refractivity contribution in [3.63, 3.8) is 0 Å². The summed E-state index contributed by atoms with van der Waals surface area (Å²) < 4.78 is 11.7. The fourth-order valence-electron chi connectivity index (χ4n) is 3.71. The first-order valence-electron chi connectivity index (χ1n) is 12.0. The third-order valence-corrected chi connectivity index (χ3v) is 6.38. The summed E-state index contributed by atoms with van der Waals surface area (Å²) in [6, 6.07) is 15.0. The van der Waals surface area contributed by atoms with Crippen molar-refractivity contribution in [2.45, 2.75) is 40.5 Å². The van der Waals surface area contributed by atoms with Gasteiger partial charge >= 0.3 is 0 Å². The lowest BCUT2D eigenvalue weighted by Crippen LogP contribution is -2.07. The number of aromatic nitrogens is 1. The normalized spacial score (nSPS) is 14.5. The number of nitrogens with zero attached hydrogens (tertiary/aromatic N) is 1. The average molecular weight is 461 g/mol. The van der Waals surface area contributed by atoms with Crippen LogP contribution in [-0.4, -0.2) is 34.9 Å². The van der Waals surface area contributed by atoms with Gasteiger partial charge in [-0.2, -0.15) is 0 Å². The van der Waals surface area contributed by atoms with Crippen LogP contribution in [-0.2, 0) is 0 Å². The van der Waals surface area contributed by atoms with Crippen LogP contribution in [0.1, 0.15) is 62.0 Å². The van der Waals surface area contributed by atoms with E-state index in [2.05, 4.69) is 37.7 Å². The van der Waals surface area contributed by atoms with Crippen molar-refractivity contribution in [3.05, 3.63) is 65.2 Å². The lowest BCUT2D eigenvalue weighted by atomic mass is 10.00. The van der Waals surface area contributed by atoms with Crippen molar-refractivity contribution in [1.82, 2.24) is 4.98 Å². The minimum Gasteiger partial charge on any atom is -0.494 e. The number of aliphatic imine (C=N–C) groups is 1. The topological polar surface area (TPSA) is 83.9 Å². The summed E-state index contributed by atoms with van der Waals surface area (Å²) in [6.07, 6.45) is 2.12. The number of hydrogen-bond acceptors (Lipinski definition) is 4. The van der Waals surface area contributed by atoms with Crippen LogP contribution in [0.15, 0.2) is 53.5 Å². The molecule has 0 radical (unpaired) electrons. The number of hydrogen-bond donors (Lipinski definition) is 2. The zero-order valence-corrected chi connectivity index (χ0v) is 20.2. The molecule has 0 fully saturated rings. The maximum Gasteiger partial charge on any atom is 0.280 e. The molecule has 2 aromatic carbocycles. The second kappa shape index (κ2) is 10.2. The summed E-state index contributed by atoms with van der Waals surface area (Å²) >= 11 is 0. The number of rotatable bonds is 10. The molecular weight excluding hydrogens is 428 g/mol. The summed E-state index contributed by atoms with van der Waals surface area (Å²) in [5.41, 5.74) is 3.37. The van der Waals surface area contributed by atoms with Crippen LogP contribution in [0.5, 0.6) is 17.4 Å². The molecule has 6 heteroatoms. The van der Waals surface area contributed by atoms with Gasteiger partial charge in [0.15, 0.2) is 5.88 Å². The minimum absolute atomic E-state index is 0.0659. The Morgan fingerprint density at radius 2 is 1.32 bits per heavy atom. The lowest BCUT2D eigenvalue weighted by Gasteiger charge is -2.11. The molecule has 1 aliphatic heterocycles. The van der Waals surface area contributed by atoms with Crippen LogP contribution in [0.25, 0.3) is 11.3 Å². The zero-order valence-electron chi connectivity index (χ0n) is 20.2. The number of fused-ring (bicyclic) bond motifs is 1. The summed E-state index contributed by atoms with van der Waals surface area (Å²) in [6.45, 7) is 9.88. The van der Waals surface area contributed by atoms with Crippen molar-refractivity contribution in [1.29, 1.82) is 0 Å². The first kappa shape index (κ1) is 23.6. The Balaban J connectivity index is 1.55. The van der Waals surface area contributed by atoms with E-state index in [4.69, 9.17) is 9.47 Å². The highest BCUT2D eigenvalue weighted by molar-refractivity contribution is 6.30. The molecule has 1 amide bonds. The van der Waals surface area contributed by atoms with E-state index in [1.54, 1.807) is 0 Å². The summed E-state index contributed by atoms with van der Waals surface area (Å²) in [7, 11) is 0. The minimum atomic E-state index is -0.370. The van der Waals surface area contributed by atoms with Gasteiger partial charge in [0.2, 0.25) is 0 Å². The first-order chi connectivity index (χ1) is 16.4. The van der Waals surface area contributed by atoms with Gasteiger partial charge in [-0.15, -0.1) is 0 Å². The fourth-order valence-corrected chi connectivity index (χ4v) is 3.71. The Morgan fingerprint density at radius 1 is 0.824 bits per heavy atom. The van der Waals surface area contributed by atoms with Crippen molar-refractivity contribution in [2.75, 3.05) is 13.2 Å². The predicted molar refractivity (Wildman–Crippen MR) is 134 cm³/mol. The van der Waals surface area contributed by atoms with Crippen molar-refractivity contribution >= 4 is 11.6 Å². The number of aromatic hydroxyl groups is 1. The zero-order chi connectivity index (χ0) is 24.2. The molecule has 2 unspecified atom stereocenters. The van der Waals surface area contributed by atoms with Crippen LogP contribution < -0.4 is 9.47 Å². The molecule has 1 aromatic heterocycles. The molecule has 178 valence electrons. The van der Waals surface area contributed by atoms with E-state index in [1.807, 2.05) is 48.5 Å². The van der Waals surface area contributed by atoms with Gasteiger partial charge in [0, 0.05) is 5.56 Å². The van der Waals surface area contributed by atoms with Gasteiger partial charge in [0.1, 0.15) is 11.5 Å². The van der Waals surface area contributed by atoms with Gasteiger partial charge in [-0.05, 0) is 65.9 Å². The number of amides is 1. The monoisotopic (exact) mass is 460 g/mol. The largest absolute Gasteiger partial charge is 0.494 e. The highest BCUT2D eigenvalue weighted by Crippen LogP contribution is 2.38. The highest BCUT2D eigenvalue weighted by atomic mass is 16.5. The predicted octanol–water partition coefficient (Wildman–Crippen LogP) is 6.23. The third-order valence-electron chi connectivity index (χ3n) is 6.38. The maximum absolute atomic E-state index is 12.8. The van der Waals surface area contributed by atoms with E-state index < -0.39 is 0 Å². The van der Waals surface area contributed by atoms with E-state index in [-0.39, 0.29) is 11.8 Å². The SMILES string of the molecule is CCC(C)COc1ccc(C2=NC(=O)c3c(-c4ccc(OCC(C)CC)cc4)[nH]c(O)c32)cc1. The van der Waals surface area contributed by atoms with Crippen molar-refractivity contribution < 1.29 is 19.4 Å². The fraction of sp³-hybridized carbons (Fsp3) is 0.357. The van der Waals surface area contributed by atoms with Gasteiger partial charge in [-0.3, -0.25) is 4.79 Å². The van der Waals surface area contributed by atoms with E-state index in [1.165, 1.54) is 0 Å². The molecule has 0 saturated heterocycles. The van der Waals surface area contributed by atoms with Gasteiger partial charge in [-0.25, -0.2) is 4.99 Å². The Bertz CT molecular complexity index is 1180. The number of nitrogens with one attached hydrogen (secondary N) is 1. The van der Waals surface area contributed by atoms with E-state index in [9.17, 15) is 9.90 Å². The smallest absolute Gasteiger partial charge is 0.280 e. The average Bonchev–Trinajstić information content (AvgIpc) is 3.39. The second-order valence-electron chi connectivity index (χ2n) is 9.06. The summed E-state index contributed by atoms with van der Waals surface area (Å²) in [5, 5.41) is 10.7. The molecule has 1 aliphatic rings. The molecule has 4 rings (SSSR count). The second-order valence-corrected chi connectivity index (χ2v) is 9.06. The van der Waals surface area contributed by atoms with E-state index in [0.29, 0.717) is 47.6 Å². The van der Waals surface area contributed by atoms with Crippen molar-refractivity contribution in [2.24, 2.45) is 16.8 Å². The molecular formula is C28H32N2O4. The quantitative estimate of drug-likeness (QED) is 0.376. The molecule has 0 bridgehead atoms. The maximum atomic E-state index is 12.8. The molecule has 2 N–H and O–H groups in total. The van der Waals surface area contributed by atoms with Crippen LogP contribution in [0, 0.1) is 11.8 Å². The number of aromatic amines is 1. The molecule has 34 heavy (non-hydrogen) atoms. The molecule has 6 nitrogen and oxygen atoms in total. The molecule has 2 heterocycles. The molecule has 2 atom stereocenters. The Kier molecular flexibility index (Phi) is 7.06. The van der Waals surface area contributed by atoms with Crippen LogP contribution in [0.2, 0.25) is 0 Å². The van der Waals surface area contributed by atoms with Crippen LogP contribution in [0.4, 0.5) is 0 Å². The summed E-state index contributed by atoms with van der Waals surface area (Å²) in [5.74, 6) is 2.07. The first-order valence-corrected chi connectivity index (χ1v) is 12.0. The van der Waals surface area contributed by atoms with Gasteiger partial charge in [-0.1, -0.05) is 40.5 Å². The Hall–Kier alpha value is -3.54. The van der Waals surface area contributed by atoms with Gasteiger partial charge in [0.05, 0.1) is 35.7 Å². The molecule has 0 saturated carbocycles. The summed E-state index contributed by atoms with van der Waals surface area (Å²) in [4.78, 5) is 20.1. The molecule has 0 aliphatic carbocycles. The van der Waals surface area contributed by atoms with Crippen LogP contribution >= 0.6 is 0 Å². The number of carbonyl (C=O) groups excluding carboxylic acids is 1. The Morgan fingerprint density at radius 3 is 1.82 bits per heavy atom. The lowest BCUT2D eigenvalue weighted by molar-refractivity contribution is 0.101. The Labute approximate surface area is 200 Å². The number of H-pyrrole nitrogens is 1. The van der Waals surface area contributed by atoms with E-state index >= 15 is 0 Å². The van der Waals surface area contributed by atoms with E-state index in [0.717, 1.165) is 35.5 Å². The molecule has 3 aromatic rings. The molecule has 0 spiro atoms. The van der Waals surface area contributed by atoms with Crippen LogP contribution in [0.3, 0.4) is 0 Å². The number of carbonyl (C=O) groups is 1. The van der Waals surface area contributed by atoms with Gasteiger partial charge in [0.25, 0.3) is 5.91 Å². The van der Waals surface area contributed by atoms with Crippen molar-refractivity contribution in [3.8, 4) is 28.6 Å². The third kappa shape index (κ3) is 4.86. The van der Waals surface area contributed by atoms with Gasteiger partial charge < -0.3 is 19.6 Å². The number of benzene rings is 2. The highest BCUT2D eigenvalue weighted by Gasteiger charge is 2.33. The standard InChI is InChI=1S/C28H32N2O4/c1-5-17(3)15-33-21-11-7-19(8-12-21)25-23-24(28(32)29-25)26(30-27(23)31)20-9-13-22(14-10-20)34-16-18(4)6-2/h7-14,17-18,29,32H,5-6,15-16H2,1-4H3.